The Balaban J connectivity index is 3.13. The second kappa shape index (κ2) is 4.29. The summed E-state index contributed by atoms with van der Waals surface area (Å²) in [6.45, 7) is 10.1. The molecule has 0 aromatic heterocycles. The Kier molecular flexibility index (Phi) is 3.52. The summed E-state index contributed by atoms with van der Waals surface area (Å²) in [5, 5.41) is -0.0692. The smallest absolute Gasteiger partial charge is 0.250 e. The molecule has 2 nitrogen and oxygen atoms in total. The molecule has 1 rings (SSSR count). The Morgan fingerprint density at radius 3 is 2.12 bits per heavy atom. The Hall–Kier alpha value is -1.10. The molecule has 5 heteroatoms. The number of benzene rings is 1. The van der Waals surface area contributed by atoms with Crippen molar-refractivity contribution in [2.45, 2.75) is 38.9 Å². The number of anilines is 1. The van der Waals surface area contributed by atoms with Crippen LogP contribution in [0.4, 0.5) is 14.5 Å². The fourth-order valence-electron chi connectivity index (χ4n) is 1.10. The lowest BCUT2D eigenvalue weighted by Crippen LogP contribution is -2.44. The van der Waals surface area contributed by atoms with Gasteiger partial charge < -0.3 is 10.2 Å². The lowest BCUT2D eigenvalue weighted by Gasteiger charge is -2.36. The van der Waals surface area contributed by atoms with Crippen LogP contribution >= 0.6 is 0 Å². The monoisotopic (exact) mass is 259 g/mol. The molecule has 0 atom stereocenters. The zero-order valence-electron chi connectivity index (χ0n) is 10.9. The quantitative estimate of drug-likeness (QED) is 0.645. The highest BCUT2D eigenvalue weighted by molar-refractivity contribution is 6.74. The van der Waals surface area contributed by atoms with Crippen molar-refractivity contribution in [1.29, 1.82) is 0 Å². The van der Waals surface area contributed by atoms with Gasteiger partial charge in [-0.05, 0) is 18.1 Å². The summed E-state index contributed by atoms with van der Waals surface area (Å²) in [5.74, 6) is -1.46. The molecule has 1 aromatic carbocycles. The van der Waals surface area contributed by atoms with Gasteiger partial charge in [-0.1, -0.05) is 20.8 Å². The van der Waals surface area contributed by atoms with Crippen molar-refractivity contribution >= 4 is 14.0 Å². The molecule has 0 aliphatic carbocycles. The summed E-state index contributed by atoms with van der Waals surface area (Å²) in [4.78, 5) is 0. The van der Waals surface area contributed by atoms with Gasteiger partial charge in [0, 0.05) is 12.1 Å². The molecular formula is C12H19F2NOSi. The zero-order chi connectivity index (χ0) is 13.4. The van der Waals surface area contributed by atoms with Crippen LogP contribution in [0.1, 0.15) is 20.8 Å². The zero-order valence-corrected chi connectivity index (χ0v) is 11.9. The van der Waals surface area contributed by atoms with Crippen LogP contribution in [-0.2, 0) is 0 Å². The molecule has 0 aliphatic rings. The van der Waals surface area contributed by atoms with Crippen LogP contribution in [0.15, 0.2) is 12.1 Å². The third kappa shape index (κ3) is 2.97. The topological polar surface area (TPSA) is 35.2 Å². The normalized spacial score (nSPS) is 12.6. The van der Waals surface area contributed by atoms with Crippen LogP contribution in [0.5, 0.6) is 5.75 Å². The van der Waals surface area contributed by atoms with Gasteiger partial charge in [-0.15, -0.1) is 0 Å². The summed E-state index contributed by atoms with van der Waals surface area (Å²) < 4.78 is 32.3. The molecule has 0 heterocycles. The summed E-state index contributed by atoms with van der Waals surface area (Å²) in [7, 11) is -2.17. The van der Waals surface area contributed by atoms with Crippen molar-refractivity contribution in [1.82, 2.24) is 0 Å². The predicted molar refractivity (Wildman–Crippen MR) is 68.6 cm³/mol. The molecule has 0 unspecified atom stereocenters. The first-order valence-electron chi connectivity index (χ1n) is 5.48. The summed E-state index contributed by atoms with van der Waals surface area (Å²) in [6, 6.07) is 1.87. The van der Waals surface area contributed by atoms with Crippen LogP contribution in [0, 0.1) is 11.6 Å². The van der Waals surface area contributed by atoms with Crippen molar-refractivity contribution in [2.24, 2.45) is 0 Å². The van der Waals surface area contributed by atoms with Crippen molar-refractivity contribution in [3.63, 3.8) is 0 Å². The minimum Gasteiger partial charge on any atom is -0.540 e. The largest absolute Gasteiger partial charge is 0.540 e. The van der Waals surface area contributed by atoms with E-state index in [2.05, 4.69) is 0 Å². The highest BCUT2D eigenvalue weighted by Crippen LogP contribution is 2.39. The van der Waals surface area contributed by atoms with E-state index in [1.165, 1.54) is 0 Å². The maximum atomic E-state index is 13.6. The molecule has 0 bridgehead atoms. The molecule has 17 heavy (non-hydrogen) atoms. The molecule has 1 aromatic rings. The lowest BCUT2D eigenvalue weighted by atomic mass is 10.2. The maximum Gasteiger partial charge on any atom is 0.250 e. The van der Waals surface area contributed by atoms with E-state index < -0.39 is 20.0 Å². The van der Waals surface area contributed by atoms with Crippen molar-refractivity contribution in [3.8, 4) is 5.75 Å². The number of hydrogen-bond donors (Lipinski definition) is 1. The van der Waals surface area contributed by atoms with E-state index in [0.717, 1.165) is 12.1 Å². The number of nitrogens with two attached hydrogens (primary N) is 1. The van der Waals surface area contributed by atoms with Crippen LogP contribution < -0.4 is 10.2 Å². The Morgan fingerprint density at radius 2 is 1.71 bits per heavy atom. The molecule has 0 saturated carbocycles. The fourth-order valence-corrected chi connectivity index (χ4v) is 2.13. The molecule has 96 valence electrons. The number of halogens is 2. The molecule has 0 saturated heterocycles. The third-order valence-electron chi connectivity index (χ3n) is 3.20. The SMILES string of the molecule is CC(C)(C)[Si](C)(C)Oc1c(N)cc(F)cc1F. The summed E-state index contributed by atoms with van der Waals surface area (Å²) in [6.07, 6.45) is 0. The van der Waals surface area contributed by atoms with Crippen molar-refractivity contribution < 1.29 is 13.2 Å². The van der Waals surface area contributed by atoms with Crippen LogP contribution in [0.25, 0.3) is 0 Å². The van der Waals surface area contributed by atoms with Gasteiger partial charge in [0.25, 0.3) is 8.32 Å². The van der Waals surface area contributed by atoms with Gasteiger partial charge in [0.1, 0.15) is 5.82 Å². The highest BCUT2D eigenvalue weighted by atomic mass is 28.4. The number of rotatable bonds is 2. The summed E-state index contributed by atoms with van der Waals surface area (Å²) in [5.41, 5.74) is 5.60. The molecular weight excluding hydrogens is 240 g/mol. The van der Waals surface area contributed by atoms with Crippen LogP contribution in [0.3, 0.4) is 0 Å². The minimum atomic E-state index is -2.17. The molecule has 0 radical (unpaired) electrons. The predicted octanol–water partition coefficient (Wildman–Crippen LogP) is 3.93. The Bertz CT molecular complexity index is 404. The van der Waals surface area contributed by atoms with Crippen LogP contribution in [0.2, 0.25) is 18.1 Å². The molecule has 0 spiro atoms. The second-order valence-corrected chi connectivity index (χ2v) is 10.4. The average Bonchev–Trinajstić information content (AvgIpc) is 2.09. The molecule has 0 amide bonds. The molecule has 0 aliphatic heterocycles. The second-order valence-electron chi connectivity index (χ2n) is 5.67. The van der Waals surface area contributed by atoms with E-state index in [9.17, 15) is 8.78 Å². The standard InChI is InChI=1S/C12H19F2NOSi/c1-12(2,3)17(4,5)16-11-9(14)6-8(13)7-10(11)15/h6-7H,15H2,1-5H3. The van der Waals surface area contributed by atoms with E-state index in [4.69, 9.17) is 10.2 Å². The van der Waals surface area contributed by atoms with Gasteiger partial charge in [0.2, 0.25) is 0 Å². The van der Waals surface area contributed by atoms with E-state index in [-0.39, 0.29) is 16.5 Å². The van der Waals surface area contributed by atoms with Crippen LogP contribution in [-0.4, -0.2) is 8.32 Å². The van der Waals surface area contributed by atoms with Gasteiger partial charge >= 0.3 is 0 Å². The van der Waals surface area contributed by atoms with Crippen molar-refractivity contribution in [2.75, 3.05) is 5.73 Å². The van der Waals surface area contributed by atoms with E-state index >= 15 is 0 Å². The first-order chi connectivity index (χ1) is 7.54. The first-order valence-corrected chi connectivity index (χ1v) is 8.39. The van der Waals surface area contributed by atoms with Gasteiger partial charge in [-0.25, -0.2) is 8.78 Å². The first kappa shape index (κ1) is 14.0. The van der Waals surface area contributed by atoms with Crippen molar-refractivity contribution in [3.05, 3.63) is 23.8 Å². The number of hydrogen-bond acceptors (Lipinski definition) is 2. The minimum absolute atomic E-state index is 0.00678. The van der Waals surface area contributed by atoms with E-state index in [1.54, 1.807) is 0 Å². The third-order valence-corrected chi connectivity index (χ3v) is 7.53. The van der Waals surface area contributed by atoms with Gasteiger partial charge in [0.15, 0.2) is 11.6 Å². The van der Waals surface area contributed by atoms with Gasteiger partial charge in [0.05, 0.1) is 5.69 Å². The fraction of sp³-hybridized carbons (Fsp3) is 0.500. The lowest BCUT2D eigenvalue weighted by molar-refractivity contribution is 0.455. The highest BCUT2D eigenvalue weighted by Gasteiger charge is 2.40. The average molecular weight is 259 g/mol. The Morgan fingerprint density at radius 1 is 1.18 bits per heavy atom. The molecule has 0 fully saturated rings. The van der Waals surface area contributed by atoms with E-state index in [1.807, 2.05) is 33.9 Å². The molecule has 2 N–H and O–H groups in total. The maximum absolute atomic E-state index is 13.6. The van der Waals surface area contributed by atoms with Gasteiger partial charge in [-0.2, -0.15) is 0 Å². The van der Waals surface area contributed by atoms with E-state index in [0.29, 0.717) is 0 Å². The Labute approximate surface area is 102 Å². The summed E-state index contributed by atoms with van der Waals surface area (Å²) >= 11 is 0. The number of nitrogen functional groups attached to an aromatic ring is 1. The van der Waals surface area contributed by atoms with Gasteiger partial charge in [-0.3, -0.25) is 0 Å².